The number of H-pyrrole nitrogens is 1. The van der Waals surface area contributed by atoms with Gasteiger partial charge >= 0.3 is 0 Å². The molecule has 0 unspecified atom stereocenters. The maximum Gasteiger partial charge on any atom is 0.163 e. The zero-order chi connectivity index (χ0) is 20.3. The Labute approximate surface area is 186 Å². The molecule has 0 radical (unpaired) electrons. The van der Waals surface area contributed by atoms with Crippen molar-refractivity contribution in [1.82, 2.24) is 9.88 Å². The summed E-state index contributed by atoms with van der Waals surface area (Å²) in [6.45, 7) is 6.84. The Morgan fingerprint density at radius 2 is 1.73 bits per heavy atom. The average Bonchev–Trinajstić information content (AvgIpc) is 3.18. The lowest BCUT2D eigenvalue weighted by atomic mass is 10.1. The Morgan fingerprint density at radius 1 is 0.900 bits per heavy atom. The molecule has 2 aliphatic heterocycles. The van der Waals surface area contributed by atoms with Gasteiger partial charge in [0.1, 0.15) is 13.2 Å². The molecule has 0 aliphatic carbocycles. The Morgan fingerprint density at radius 3 is 2.60 bits per heavy atom. The molecule has 158 valence electrons. The highest BCUT2D eigenvalue weighted by atomic mass is 79.9. The Kier molecular flexibility index (Phi) is 5.86. The van der Waals surface area contributed by atoms with Crippen molar-refractivity contribution < 1.29 is 9.47 Å². The van der Waals surface area contributed by atoms with Crippen LogP contribution in [0.1, 0.15) is 18.4 Å². The highest BCUT2D eigenvalue weighted by Crippen LogP contribution is 2.34. The number of nitrogens with zero attached hydrogens (tertiary/aromatic N) is 2. The van der Waals surface area contributed by atoms with Crippen LogP contribution in [0.4, 0.5) is 5.69 Å². The van der Waals surface area contributed by atoms with E-state index in [2.05, 4.69) is 67.2 Å². The molecule has 3 heterocycles. The second-order valence-electron chi connectivity index (χ2n) is 8.12. The van der Waals surface area contributed by atoms with Gasteiger partial charge in [-0.05, 0) is 55.6 Å². The first-order valence-corrected chi connectivity index (χ1v) is 11.7. The van der Waals surface area contributed by atoms with Crippen LogP contribution in [0.5, 0.6) is 11.5 Å². The van der Waals surface area contributed by atoms with Gasteiger partial charge in [0.05, 0.1) is 0 Å². The van der Waals surface area contributed by atoms with E-state index in [0.717, 1.165) is 48.6 Å². The number of nitrogens with one attached hydrogen (secondary N) is 1. The van der Waals surface area contributed by atoms with E-state index in [1.165, 1.54) is 41.5 Å². The highest BCUT2D eigenvalue weighted by molar-refractivity contribution is 9.10. The van der Waals surface area contributed by atoms with Crippen molar-refractivity contribution in [2.24, 2.45) is 0 Å². The minimum absolute atomic E-state index is 0.639. The van der Waals surface area contributed by atoms with Crippen LogP contribution >= 0.6 is 15.9 Å². The molecule has 30 heavy (non-hydrogen) atoms. The predicted octanol–water partition coefficient (Wildman–Crippen LogP) is 4.85. The summed E-state index contributed by atoms with van der Waals surface area (Å²) >= 11 is 3.54. The SMILES string of the molecule is Brc1ccc2c(CCCCN3CCN(c4ccc5c(c4)OCCO5)CC3)c[nH]c2c1. The molecule has 1 aromatic heterocycles. The molecule has 0 spiro atoms. The molecule has 1 N–H and O–H groups in total. The molecular formula is C24H28BrN3O2. The van der Waals surface area contributed by atoms with E-state index < -0.39 is 0 Å². The van der Waals surface area contributed by atoms with Gasteiger partial charge in [-0.15, -0.1) is 0 Å². The van der Waals surface area contributed by atoms with Crippen molar-refractivity contribution in [3.63, 3.8) is 0 Å². The maximum absolute atomic E-state index is 5.74. The van der Waals surface area contributed by atoms with Crippen LogP contribution in [0.2, 0.25) is 0 Å². The number of hydrogen-bond donors (Lipinski definition) is 1. The summed E-state index contributed by atoms with van der Waals surface area (Å²) in [6, 6.07) is 12.8. The molecule has 1 saturated heterocycles. The number of ether oxygens (including phenoxy) is 2. The number of rotatable bonds is 6. The molecule has 0 bridgehead atoms. The molecule has 0 atom stereocenters. The smallest absolute Gasteiger partial charge is 0.163 e. The van der Waals surface area contributed by atoms with E-state index in [4.69, 9.17) is 9.47 Å². The number of halogens is 1. The van der Waals surface area contributed by atoms with Crippen molar-refractivity contribution in [1.29, 1.82) is 0 Å². The van der Waals surface area contributed by atoms with Gasteiger partial charge in [-0.25, -0.2) is 0 Å². The molecule has 5 rings (SSSR count). The average molecular weight is 470 g/mol. The lowest BCUT2D eigenvalue weighted by Crippen LogP contribution is -2.46. The molecule has 2 aromatic carbocycles. The molecule has 1 fully saturated rings. The van der Waals surface area contributed by atoms with Gasteiger partial charge in [-0.2, -0.15) is 0 Å². The molecular weight excluding hydrogens is 442 g/mol. The van der Waals surface area contributed by atoms with E-state index in [1.807, 2.05) is 6.07 Å². The van der Waals surface area contributed by atoms with Crippen LogP contribution in [-0.4, -0.2) is 55.8 Å². The zero-order valence-electron chi connectivity index (χ0n) is 17.2. The van der Waals surface area contributed by atoms with Crippen LogP contribution in [0, 0.1) is 0 Å². The number of piperazine rings is 1. The van der Waals surface area contributed by atoms with Gasteiger partial charge in [0.15, 0.2) is 11.5 Å². The van der Waals surface area contributed by atoms with E-state index in [0.29, 0.717) is 13.2 Å². The first-order valence-electron chi connectivity index (χ1n) is 10.9. The predicted molar refractivity (Wildman–Crippen MR) is 125 cm³/mol. The monoisotopic (exact) mass is 469 g/mol. The van der Waals surface area contributed by atoms with Crippen LogP contribution in [0.3, 0.4) is 0 Å². The first kappa shape index (κ1) is 19.8. The van der Waals surface area contributed by atoms with Crippen molar-refractivity contribution in [2.45, 2.75) is 19.3 Å². The van der Waals surface area contributed by atoms with Crippen molar-refractivity contribution >= 4 is 32.5 Å². The second-order valence-corrected chi connectivity index (χ2v) is 9.03. The highest BCUT2D eigenvalue weighted by Gasteiger charge is 2.19. The van der Waals surface area contributed by atoms with E-state index >= 15 is 0 Å². The standard InChI is InChI=1S/C24H28BrN3O2/c25-19-4-6-21-18(17-26-22(21)15-19)3-1-2-8-27-9-11-28(12-10-27)20-5-7-23-24(16-20)30-14-13-29-23/h4-7,15-17,26H,1-3,8-14H2. The van der Waals surface area contributed by atoms with Gasteiger partial charge < -0.3 is 19.4 Å². The van der Waals surface area contributed by atoms with E-state index in [-0.39, 0.29) is 0 Å². The van der Waals surface area contributed by atoms with Crippen LogP contribution in [0.25, 0.3) is 10.9 Å². The van der Waals surface area contributed by atoms with Gasteiger partial charge in [0.25, 0.3) is 0 Å². The summed E-state index contributed by atoms with van der Waals surface area (Å²) in [7, 11) is 0. The lowest BCUT2D eigenvalue weighted by Gasteiger charge is -2.36. The molecule has 3 aromatic rings. The number of aromatic nitrogens is 1. The number of hydrogen-bond acceptors (Lipinski definition) is 4. The fourth-order valence-corrected chi connectivity index (χ4v) is 4.84. The molecule has 0 saturated carbocycles. The van der Waals surface area contributed by atoms with E-state index in [9.17, 15) is 0 Å². The lowest BCUT2D eigenvalue weighted by molar-refractivity contribution is 0.171. The Bertz CT molecular complexity index is 1010. The number of unbranched alkanes of at least 4 members (excludes halogenated alkanes) is 1. The number of benzene rings is 2. The topological polar surface area (TPSA) is 40.7 Å². The Balaban J connectivity index is 1.07. The largest absolute Gasteiger partial charge is 0.486 e. The van der Waals surface area contributed by atoms with Crippen LogP contribution in [0.15, 0.2) is 47.1 Å². The summed E-state index contributed by atoms with van der Waals surface area (Å²) in [6.07, 6.45) is 5.78. The van der Waals surface area contributed by atoms with Crippen molar-refractivity contribution in [3.05, 3.63) is 52.6 Å². The van der Waals surface area contributed by atoms with Crippen LogP contribution in [-0.2, 0) is 6.42 Å². The third-order valence-corrected chi connectivity index (χ3v) is 6.66. The molecule has 0 amide bonds. The van der Waals surface area contributed by atoms with E-state index in [1.54, 1.807) is 0 Å². The van der Waals surface area contributed by atoms with Crippen molar-refractivity contribution in [3.8, 4) is 11.5 Å². The van der Waals surface area contributed by atoms with Gasteiger partial charge in [0, 0.05) is 59.5 Å². The second kappa shape index (κ2) is 8.90. The van der Waals surface area contributed by atoms with Gasteiger partial charge in [-0.1, -0.05) is 22.0 Å². The summed E-state index contributed by atoms with van der Waals surface area (Å²) in [5, 5.41) is 1.35. The third-order valence-electron chi connectivity index (χ3n) is 6.16. The zero-order valence-corrected chi connectivity index (χ0v) is 18.8. The molecule has 6 heteroatoms. The molecule has 5 nitrogen and oxygen atoms in total. The van der Waals surface area contributed by atoms with Crippen LogP contribution < -0.4 is 14.4 Å². The number of anilines is 1. The quantitative estimate of drug-likeness (QED) is 0.524. The molecule has 2 aliphatic rings. The van der Waals surface area contributed by atoms with Gasteiger partial charge in [-0.3, -0.25) is 4.90 Å². The fraction of sp³-hybridized carbons (Fsp3) is 0.417. The normalized spacial score (nSPS) is 16.9. The maximum atomic E-state index is 5.74. The first-order chi connectivity index (χ1) is 14.8. The fourth-order valence-electron chi connectivity index (χ4n) is 4.47. The minimum atomic E-state index is 0.639. The number of aryl methyl sites for hydroxylation is 1. The van der Waals surface area contributed by atoms with Crippen molar-refractivity contribution in [2.75, 3.05) is 50.8 Å². The number of aromatic amines is 1. The summed E-state index contributed by atoms with van der Waals surface area (Å²) in [4.78, 5) is 8.45. The summed E-state index contributed by atoms with van der Waals surface area (Å²) in [5.41, 5.74) is 3.89. The Hall–Kier alpha value is -2.18. The number of fused-ring (bicyclic) bond motifs is 2. The summed E-state index contributed by atoms with van der Waals surface area (Å²) < 4.78 is 12.5. The minimum Gasteiger partial charge on any atom is -0.486 e. The van der Waals surface area contributed by atoms with Gasteiger partial charge in [0.2, 0.25) is 0 Å². The third kappa shape index (κ3) is 4.30. The summed E-state index contributed by atoms with van der Waals surface area (Å²) in [5.74, 6) is 1.75.